The summed E-state index contributed by atoms with van der Waals surface area (Å²) in [5.41, 5.74) is 1.50. The molecule has 0 unspecified atom stereocenters. The minimum atomic E-state index is 0.00849. The fraction of sp³-hybridized carbons (Fsp3) is 0.188. The van der Waals surface area contributed by atoms with Crippen molar-refractivity contribution in [1.29, 1.82) is 0 Å². The molecule has 4 nitrogen and oxygen atoms in total. The summed E-state index contributed by atoms with van der Waals surface area (Å²) in [6.45, 7) is 0.227. The van der Waals surface area contributed by atoms with Gasteiger partial charge in [0.2, 0.25) is 0 Å². The van der Waals surface area contributed by atoms with Crippen LogP contribution in [0.1, 0.15) is 10.4 Å². The largest absolute Gasteiger partial charge is 0.497 e. The smallest absolute Gasteiger partial charge is 0.181 e. The molecule has 0 bridgehead atoms. The van der Waals surface area contributed by atoms with Gasteiger partial charge in [0.25, 0.3) is 0 Å². The minimum Gasteiger partial charge on any atom is -0.497 e. The summed E-state index contributed by atoms with van der Waals surface area (Å²) in [6.07, 6.45) is 0. The number of rotatable bonds is 6. The van der Waals surface area contributed by atoms with E-state index in [0.717, 1.165) is 15.9 Å². The number of carbonyl (C=O) groups is 1. The predicted octanol–water partition coefficient (Wildman–Crippen LogP) is 3.76. The van der Waals surface area contributed by atoms with Crippen LogP contribution in [0.25, 0.3) is 0 Å². The number of Topliss-reactive ketones (excluding diaryl/α,β-unsaturated/α-hetero) is 1. The van der Waals surface area contributed by atoms with Crippen molar-refractivity contribution in [3.63, 3.8) is 0 Å². The lowest BCUT2D eigenvalue weighted by atomic mass is 10.1. The summed E-state index contributed by atoms with van der Waals surface area (Å²) in [5.74, 6) is 1.50. The number of nitrogens with one attached hydrogen (secondary N) is 1. The maximum absolute atomic E-state index is 12.1. The average molecular weight is 350 g/mol. The fourth-order valence-electron chi connectivity index (χ4n) is 1.83. The van der Waals surface area contributed by atoms with Gasteiger partial charge in [-0.05, 0) is 58.4 Å². The molecule has 21 heavy (non-hydrogen) atoms. The second kappa shape index (κ2) is 7.13. The van der Waals surface area contributed by atoms with E-state index < -0.39 is 0 Å². The number of carbonyl (C=O) groups excluding carboxylic acids is 1. The third kappa shape index (κ3) is 3.98. The average Bonchev–Trinajstić information content (AvgIpc) is 2.53. The van der Waals surface area contributed by atoms with E-state index in [1.165, 1.54) is 0 Å². The van der Waals surface area contributed by atoms with Crippen molar-refractivity contribution in [3.05, 3.63) is 52.5 Å². The van der Waals surface area contributed by atoms with E-state index in [2.05, 4.69) is 21.2 Å². The molecule has 0 aromatic heterocycles. The lowest BCUT2D eigenvalue weighted by Gasteiger charge is -2.08. The quantitative estimate of drug-likeness (QED) is 0.806. The van der Waals surface area contributed by atoms with Crippen LogP contribution in [0, 0.1) is 0 Å². The van der Waals surface area contributed by atoms with Crippen molar-refractivity contribution in [3.8, 4) is 11.5 Å². The van der Waals surface area contributed by atoms with Gasteiger partial charge in [0.05, 0.1) is 25.2 Å². The Hall–Kier alpha value is -2.01. The number of ether oxygens (including phenoxy) is 2. The van der Waals surface area contributed by atoms with E-state index in [-0.39, 0.29) is 12.3 Å². The van der Waals surface area contributed by atoms with E-state index >= 15 is 0 Å². The number of ketones is 1. The van der Waals surface area contributed by atoms with Gasteiger partial charge in [0, 0.05) is 11.3 Å². The highest BCUT2D eigenvalue weighted by Crippen LogP contribution is 2.25. The van der Waals surface area contributed by atoms with E-state index in [0.29, 0.717) is 11.3 Å². The van der Waals surface area contributed by atoms with Crippen molar-refractivity contribution < 1.29 is 14.3 Å². The molecule has 2 rings (SSSR count). The first-order valence-corrected chi connectivity index (χ1v) is 7.18. The summed E-state index contributed by atoms with van der Waals surface area (Å²) in [4.78, 5) is 12.1. The number of halogens is 1. The SMILES string of the molecule is COc1ccc(NCC(=O)c2ccc(OC)c(Br)c2)cc1. The van der Waals surface area contributed by atoms with Gasteiger partial charge in [-0.15, -0.1) is 0 Å². The first kappa shape index (κ1) is 15.4. The summed E-state index contributed by atoms with van der Waals surface area (Å²) in [5, 5.41) is 3.09. The third-order valence-electron chi connectivity index (χ3n) is 3.02. The summed E-state index contributed by atoms with van der Waals surface area (Å²) < 4.78 is 11.0. The molecule has 0 atom stereocenters. The van der Waals surface area contributed by atoms with Gasteiger partial charge < -0.3 is 14.8 Å². The molecule has 0 aliphatic rings. The van der Waals surface area contributed by atoms with Gasteiger partial charge in [-0.2, -0.15) is 0 Å². The van der Waals surface area contributed by atoms with Crippen LogP contribution in [0.3, 0.4) is 0 Å². The molecule has 0 heterocycles. The fourth-order valence-corrected chi connectivity index (χ4v) is 2.37. The van der Waals surface area contributed by atoms with E-state index in [4.69, 9.17) is 9.47 Å². The predicted molar refractivity (Wildman–Crippen MR) is 86.5 cm³/mol. The number of anilines is 1. The van der Waals surface area contributed by atoms with Gasteiger partial charge in [-0.25, -0.2) is 0 Å². The summed E-state index contributed by atoms with van der Waals surface area (Å²) >= 11 is 3.38. The lowest BCUT2D eigenvalue weighted by molar-refractivity contribution is 0.101. The lowest BCUT2D eigenvalue weighted by Crippen LogP contribution is -2.14. The second-order valence-electron chi connectivity index (χ2n) is 4.35. The molecule has 0 radical (unpaired) electrons. The van der Waals surface area contributed by atoms with E-state index in [1.807, 2.05) is 24.3 Å². The molecule has 1 N–H and O–H groups in total. The van der Waals surface area contributed by atoms with Crippen molar-refractivity contribution in [2.24, 2.45) is 0 Å². The Kier molecular flexibility index (Phi) is 5.22. The van der Waals surface area contributed by atoms with Crippen LogP contribution in [0.15, 0.2) is 46.9 Å². The highest BCUT2D eigenvalue weighted by Gasteiger charge is 2.09. The zero-order chi connectivity index (χ0) is 15.2. The molecule has 0 amide bonds. The standard InChI is InChI=1S/C16H16BrNO3/c1-20-13-6-4-12(5-7-13)18-10-15(19)11-3-8-16(21-2)14(17)9-11/h3-9,18H,10H2,1-2H3. The zero-order valence-corrected chi connectivity index (χ0v) is 13.4. The molecular weight excluding hydrogens is 334 g/mol. The Morgan fingerprint density at radius 3 is 2.38 bits per heavy atom. The first-order chi connectivity index (χ1) is 10.1. The number of methoxy groups -OCH3 is 2. The zero-order valence-electron chi connectivity index (χ0n) is 11.9. The Labute approximate surface area is 132 Å². The second-order valence-corrected chi connectivity index (χ2v) is 5.21. The topological polar surface area (TPSA) is 47.6 Å². The van der Waals surface area contributed by atoms with Crippen LogP contribution in [0.4, 0.5) is 5.69 Å². The molecule has 0 aliphatic carbocycles. The minimum absolute atomic E-state index is 0.00849. The highest BCUT2D eigenvalue weighted by atomic mass is 79.9. The van der Waals surface area contributed by atoms with Gasteiger partial charge >= 0.3 is 0 Å². The first-order valence-electron chi connectivity index (χ1n) is 6.38. The van der Waals surface area contributed by atoms with Crippen molar-refractivity contribution in [2.75, 3.05) is 26.1 Å². The molecule has 0 spiro atoms. The monoisotopic (exact) mass is 349 g/mol. The van der Waals surface area contributed by atoms with Crippen LogP contribution in [-0.2, 0) is 0 Å². The van der Waals surface area contributed by atoms with E-state index in [9.17, 15) is 4.79 Å². The Morgan fingerprint density at radius 2 is 1.81 bits per heavy atom. The molecule has 0 fully saturated rings. The number of hydrogen-bond donors (Lipinski definition) is 1. The molecule has 2 aromatic carbocycles. The molecule has 0 saturated heterocycles. The van der Waals surface area contributed by atoms with Gasteiger partial charge in [-0.1, -0.05) is 0 Å². The van der Waals surface area contributed by atoms with Gasteiger partial charge in [0.15, 0.2) is 5.78 Å². The molecular formula is C16H16BrNO3. The van der Waals surface area contributed by atoms with Crippen LogP contribution in [0.2, 0.25) is 0 Å². The summed E-state index contributed by atoms with van der Waals surface area (Å²) in [6, 6.07) is 12.7. The van der Waals surface area contributed by atoms with Gasteiger partial charge in [0.1, 0.15) is 11.5 Å². The Balaban J connectivity index is 1.99. The van der Waals surface area contributed by atoms with Crippen LogP contribution < -0.4 is 14.8 Å². The van der Waals surface area contributed by atoms with Crippen molar-refractivity contribution in [1.82, 2.24) is 0 Å². The van der Waals surface area contributed by atoms with Crippen molar-refractivity contribution >= 4 is 27.4 Å². The third-order valence-corrected chi connectivity index (χ3v) is 3.64. The maximum Gasteiger partial charge on any atom is 0.181 e. The van der Waals surface area contributed by atoms with E-state index in [1.54, 1.807) is 32.4 Å². The molecule has 5 heteroatoms. The Bertz CT molecular complexity index is 626. The van der Waals surface area contributed by atoms with Gasteiger partial charge in [-0.3, -0.25) is 4.79 Å². The maximum atomic E-state index is 12.1. The van der Waals surface area contributed by atoms with Crippen LogP contribution in [-0.4, -0.2) is 26.5 Å². The molecule has 0 saturated carbocycles. The van der Waals surface area contributed by atoms with Crippen molar-refractivity contribution in [2.45, 2.75) is 0 Å². The normalized spacial score (nSPS) is 10.0. The molecule has 110 valence electrons. The molecule has 2 aromatic rings. The highest BCUT2D eigenvalue weighted by molar-refractivity contribution is 9.10. The number of benzene rings is 2. The number of hydrogen-bond acceptors (Lipinski definition) is 4. The summed E-state index contributed by atoms with van der Waals surface area (Å²) in [7, 11) is 3.21. The van der Waals surface area contributed by atoms with Crippen LogP contribution in [0.5, 0.6) is 11.5 Å². The van der Waals surface area contributed by atoms with Crippen LogP contribution >= 0.6 is 15.9 Å². The molecule has 0 aliphatic heterocycles. The Morgan fingerprint density at radius 1 is 1.10 bits per heavy atom.